The lowest BCUT2D eigenvalue weighted by Gasteiger charge is -2.42. The van der Waals surface area contributed by atoms with Crippen molar-refractivity contribution in [2.75, 3.05) is 0 Å². The van der Waals surface area contributed by atoms with E-state index in [1.807, 2.05) is 0 Å². The van der Waals surface area contributed by atoms with Crippen LogP contribution < -0.4 is 0 Å². The molecule has 0 heterocycles. The summed E-state index contributed by atoms with van der Waals surface area (Å²) in [6, 6.07) is 6.93. The maximum atomic E-state index is 6.69. The minimum atomic E-state index is 0.170. The monoisotopic (exact) mass is 278 g/mol. The fraction of sp³-hybridized carbons (Fsp3) is 0.667. The summed E-state index contributed by atoms with van der Waals surface area (Å²) >= 11 is 6.69. The summed E-state index contributed by atoms with van der Waals surface area (Å²) < 4.78 is 0. The second-order valence-corrected chi connectivity index (χ2v) is 7.70. The number of hydrogen-bond acceptors (Lipinski definition) is 0. The van der Waals surface area contributed by atoms with Crippen LogP contribution in [0, 0.1) is 25.7 Å². The number of halogens is 1. The molecule has 1 saturated carbocycles. The molecular weight excluding hydrogens is 252 g/mol. The first kappa shape index (κ1) is 14.9. The zero-order valence-electron chi connectivity index (χ0n) is 13.0. The molecule has 0 radical (unpaired) electrons. The van der Waals surface area contributed by atoms with Gasteiger partial charge in [0, 0.05) is 5.38 Å². The van der Waals surface area contributed by atoms with Crippen molar-refractivity contribution in [1.82, 2.24) is 0 Å². The smallest absolute Gasteiger partial charge is 0.0375 e. The summed E-state index contributed by atoms with van der Waals surface area (Å²) in [5.41, 5.74) is 4.34. The minimum absolute atomic E-state index is 0.170. The summed E-state index contributed by atoms with van der Waals surface area (Å²) in [6.07, 6.45) is 3.75. The predicted molar refractivity (Wildman–Crippen MR) is 85.1 cm³/mol. The van der Waals surface area contributed by atoms with E-state index >= 15 is 0 Å². The zero-order valence-corrected chi connectivity index (χ0v) is 13.7. The maximum absolute atomic E-state index is 6.69. The van der Waals surface area contributed by atoms with Gasteiger partial charge in [0.05, 0.1) is 0 Å². The van der Waals surface area contributed by atoms with Crippen LogP contribution in [0.25, 0.3) is 0 Å². The molecular formula is C18H27Cl. The molecule has 1 aromatic carbocycles. The molecule has 1 heteroatoms. The van der Waals surface area contributed by atoms with Crippen LogP contribution in [0.1, 0.15) is 56.7 Å². The van der Waals surface area contributed by atoms with E-state index in [9.17, 15) is 0 Å². The van der Waals surface area contributed by atoms with Crippen LogP contribution in [-0.2, 0) is 5.41 Å². The Hall–Kier alpha value is -0.490. The van der Waals surface area contributed by atoms with Crippen molar-refractivity contribution in [3.05, 3.63) is 34.9 Å². The molecule has 0 aliphatic heterocycles. The number of alkyl halides is 1. The number of rotatable bonds is 2. The molecule has 0 aromatic heterocycles. The van der Waals surface area contributed by atoms with E-state index < -0.39 is 0 Å². The summed E-state index contributed by atoms with van der Waals surface area (Å²) in [5.74, 6) is 1.38. The molecule has 0 spiro atoms. The van der Waals surface area contributed by atoms with Crippen molar-refractivity contribution in [1.29, 1.82) is 0 Å². The Morgan fingerprint density at radius 2 is 1.63 bits per heavy atom. The molecule has 106 valence electrons. The quantitative estimate of drug-likeness (QED) is 0.616. The van der Waals surface area contributed by atoms with E-state index in [0.29, 0.717) is 11.3 Å². The van der Waals surface area contributed by atoms with Crippen molar-refractivity contribution in [3.63, 3.8) is 0 Å². The SMILES string of the molecule is Cc1cc(C)cc(C(C)(C)C2CCC(C)CC2Cl)c1. The van der Waals surface area contributed by atoms with Gasteiger partial charge < -0.3 is 0 Å². The lowest BCUT2D eigenvalue weighted by molar-refractivity contribution is 0.207. The highest BCUT2D eigenvalue weighted by Crippen LogP contribution is 2.44. The standard InChI is InChI=1S/C18H27Cl/c1-12-6-7-16(17(19)11-12)18(4,5)15-9-13(2)8-14(3)10-15/h8-10,12,16-17H,6-7,11H2,1-5H3. The van der Waals surface area contributed by atoms with Crippen LogP contribution in [-0.4, -0.2) is 5.38 Å². The largest absolute Gasteiger partial charge is 0.123 e. The van der Waals surface area contributed by atoms with E-state index in [2.05, 4.69) is 52.8 Å². The molecule has 0 N–H and O–H groups in total. The third kappa shape index (κ3) is 3.16. The molecule has 1 aliphatic carbocycles. The average molecular weight is 279 g/mol. The summed E-state index contributed by atoms with van der Waals surface area (Å²) in [7, 11) is 0. The third-order valence-corrected chi connectivity index (χ3v) is 5.41. The van der Waals surface area contributed by atoms with Crippen LogP contribution in [0.3, 0.4) is 0 Å². The van der Waals surface area contributed by atoms with Crippen molar-refractivity contribution >= 4 is 11.6 Å². The van der Waals surface area contributed by atoms with Gasteiger partial charge in [-0.05, 0) is 49.5 Å². The lowest BCUT2D eigenvalue weighted by atomic mass is 9.65. The first-order chi connectivity index (χ1) is 8.80. The van der Waals surface area contributed by atoms with E-state index in [4.69, 9.17) is 11.6 Å². The number of benzene rings is 1. The second-order valence-electron chi connectivity index (χ2n) is 7.14. The third-order valence-electron chi connectivity index (χ3n) is 4.93. The molecule has 1 aliphatic rings. The highest BCUT2D eigenvalue weighted by Gasteiger charge is 2.39. The maximum Gasteiger partial charge on any atom is 0.0375 e. The van der Waals surface area contributed by atoms with Gasteiger partial charge in [0.15, 0.2) is 0 Å². The zero-order chi connectivity index (χ0) is 14.2. The predicted octanol–water partition coefficient (Wildman–Crippen LogP) is 5.62. The summed E-state index contributed by atoms with van der Waals surface area (Å²) in [5, 5.41) is 0.319. The van der Waals surface area contributed by atoms with Gasteiger partial charge in [-0.25, -0.2) is 0 Å². The topological polar surface area (TPSA) is 0 Å². The van der Waals surface area contributed by atoms with Gasteiger partial charge in [0.1, 0.15) is 0 Å². The normalized spacial score (nSPS) is 28.4. The van der Waals surface area contributed by atoms with E-state index in [-0.39, 0.29) is 5.41 Å². The Morgan fingerprint density at radius 3 is 2.16 bits per heavy atom. The lowest BCUT2D eigenvalue weighted by Crippen LogP contribution is -2.38. The number of hydrogen-bond donors (Lipinski definition) is 0. The Balaban J connectivity index is 2.30. The average Bonchev–Trinajstić information content (AvgIpc) is 2.26. The Labute approximate surface area is 123 Å². The highest BCUT2D eigenvalue weighted by atomic mass is 35.5. The molecule has 0 nitrogen and oxygen atoms in total. The minimum Gasteiger partial charge on any atom is -0.123 e. The molecule has 19 heavy (non-hydrogen) atoms. The van der Waals surface area contributed by atoms with Crippen LogP contribution in [0.2, 0.25) is 0 Å². The summed E-state index contributed by atoms with van der Waals surface area (Å²) in [6.45, 7) is 11.4. The van der Waals surface area contributed by atoms with Gasteiger partial charge in [0.25, 0.3) is 0 Å². The first-order valence-corrected chi connectivity index (χ1v) is 7.97. The van der Waals surface area contributed by atoms with Crippen molar-refractivity contribution in [3.8, 4) is 0 Å². The van der Waals surface area contributed by atoms with E-state index in [0.717, 1.165) is 5.92 Å². The van der Waals surface area contributed by atoms with Crippen molar-refractivity contribution < 1.29 is 0 Å². The molecule has 0 amide bonds. The first-order valence-electron chi connectivity index (χ1n) is 7.53. The van der Waals surface area contributed by atoms with Crippen molar-refractivity contribution in [2.24, 2.45) is 11.8 Å². The fourth-order valence-corrected chi connectivity index (χ4v) is 4.43. The molecule has 2 rings (SSSR count). The van der Waals surface area contributed by atoms with E-state index in [1.165, 1.54) is 36.0 Å². The van der Waals surface area contributed by atoms with Crippen LogP contribution in [0.4, 0.5) is 0 Å². The van der Waals surface area contributed by atoms with Gasteiger partial charge in [-0.3, -0.25) is 0 Å². The Bertz CT molecular complexity index is 427. The van der Waals surface area contributed by atoms with Crippen LogP contribution in [0.15, 0.2) is 18.2 Å². The Morgan fingerprint density at radius 1 is 1.05 bits per heavy atom. The Kier molecular flexibility index (Phi) is 4.30. The van der Waals surface area contributed by atoms with Crippen LogP contribution >= 0.6 is 11.6 Å². The second kappa shape index (κ2) is 5.48. The molecule has 0 saturated heterocycles. The molecule has 0 bridgehead atoms. The van der Waals surface area contributed by atoms with Gasteiger partial charge in [-0.2, -0.15) is 0 Å². The van der Waals surface area contributed by atoms with Gasteiger partial charge in [-0.1, -0.05) is 56.5 Å². The summed E-state index contributed by atoms with van der Waals surface area (Å²) in [4.78, 5) is 0. The van der Waals surface area contributed by atoms with E-state index in [1.54, 1.807) is 0 Å². The van der Waals surface area contributed by atoms with Crippen molar-refractivity contribution in [2.45, 2.75) is 64.7 Å². The molecule has 1 fully saturated rings. The fourth-order valence-electron chi connectivity index (χ4n) is 3.69. The molecule has 3 unspecified atom stereocenters. The molecule has 1 aromatic rings. The van der Waals surface area contributed by atoms with Gasteiger partial charge >= 0.3 is 0 Å². The highest BCUT2D eigenvalue weighted by molar-refractivity contribution is 6.20. The van der Waals surface area contributed by atoms with Gasteiger partial charge in [-0.15, -0.1) is 11.6 Å². The van der Waals surface area contributed by atoms with Gasteiger partial charge in [0.2, 0.25) is 0 Å². The van der Waals surface area contributed by atoms with Crippen LogP contribution in [0.5, 0.6) is 0 Å². The molecule has 3 atom stereocenters. The number of aryl methyl sites for hydroxylation is 2.